The van der Waals surface area contributed by atoms with Crippen molar-refractivity contribution >= 4 is 17.6 Å². The van der Waals surface area contributed by atoms with Gasteiger partial charge in [0.2, 0.25) is 5.91 Å². The first kappa shape index (κ1) is 22.0. The van der Waals surface area contributed by atoms with Crippen LogP contribution in [0.3, 0.4) is 0 Å². The highest BCUT2D eigenvalue weighted by molar-refractivity contribution is 5.88. The van der Waals surface area contributed by atoms with Crippen LogP contribution in [0.5, 0.6) is 5.75 Å². The number of guanidine groups is 1. The molecule has 1 aliphatic rings. The molecule has 1 amide bonds. The maximum absolute atomic E-state index is 11.1. The Labute approximate surface area is 168 Å². The molecule has 0 spiro atoms. The minimum atomic E-state index is -0.0939. The summed E-state index contributed by atoms with van der Waals surface area (Å²) in [6, 6.07) is 7.87. The molecule has 7 nitrogen and oxygen atoms in total. The van der Waals surface area contributed by atoms with Crippen LogP contribution in [0.25, 0.3) is 0 Å². The largest absolute Gasteiger partial charge is 0.492 e. The third kappa shape index (κ3) is 8.17. The zero-order chi connectivity index (χ0) is 20.2. The van der Waals surface area contributed by atoms with Gasteiger partial charge in [0.25, 0.3) is 0 Å². The fourth-order valence-electron chi connectivity index (χ4n) is 3.32. The molecule has 3 N–H and O–H groups in total. The van der Waals surface area contributed by atoms with Gasteiger partial charge < -0.3 is 25.6 Å². The summed E-state index contributed by atoms with van der Waals surface area (Å²) in [6.45, 7) is 11.2. The number of piperidine rings is 1. The summed E-state index contributed by atoms with van der Waals surface area (Å²) < 4.78 is 5.77. The van der Waals surface area contributed by atoms with Crippen molar-refractivity contribution in [1.29, 1.82) is 0 Å². The Hall–Kier alpha value is -2.28. The predicted molar refractivity (Wildman–Crippen MR) is 115 cm³/mol. The van der Waals surface area contributed by atoms with E-state index in [1.54, 1.807) is 0 Å². The van der Waals surface area contributed by atoms with E-state index in [1.165, 1.54) is 19.9 Å². The molecule has 1 aromatic carbocycles. The SMILES string of the molecule is CCCN1CCC(NC(=NCCOc2cccc(NC(C)=O)c2)NCC)CC1. The van der Waals surface area contributed by atoms with Crippen LogP contribution in [0.4, 0.5) is 5.69 Å². The maximum Gasteiger partial charge on any atom is 0.221 e. The number of likely N-dealkylation sites (tertiary alicyclic amines) is 1. The fraction of sp³-hybridized carbons (Fsp3) is 0.619. The van der Waals surface area contributed by atoms with E-state index in [2.05, 4.69) is 39.7 Å². The van der Waals surface area contributed by atoms with Crippen LogP contribution in [-0.4, -0.2) is 62.1 Å². The molecule has 0 aliphatic carbocycles. The van der Waals surface area contributed by atoms with Crippen LogP contribution in [0.15, 0.2) is 29.3 Å². The second kappa shape index (κ2) is 12.2. The quantitative estimate of drug-likeness (QED) is 0.344. The molecule has 156 valence electrons. The van der Waals surface area contributed by atoms with Gasteiger partial charge in [-0.2, -0.15) is 0 Å². The van der Waals surface area contributed by atoms with Gasteiger partial charge in [-0.1, -0.05) is 13.0 Å². The molecule has 7 heteroatoms. The number of hydrogen-bond donors (Lipinski definition) is 3. The number of aliphatic imine (C=N–C) groups is 1. The average Bonchev–Trinajstić information content (AvgIpc) is 2.67. The minimum absolute atomic E-state index is 0.0939. The number of amides is 1. The normalized spacial score (nSPS) is 15.9. The van der Waals surface area contributed by atoms with Crippen molar-refractivity contribution < 1.29 is 9.53 Å². The molecule has 2 rings (SSSR count). The summed E-state index contributed by atoms with van der Waals surface area (Å²) in [5.41, 5.74) is 0.734. The molecule has 1 heterocycles. The lowest BCUT2D eigenvalue weighted by molar-refractivity contribution is -0.114. The number of nitrogens with zero attached hydrogens (tertiary/aromatic N) is 2. The standard InChI is InChI=1S/C21H35N5O2/c1-4-12-26-13-9-18(10-14-26)25-21(22-5-2)23-11-15-28-20-8-6-7-19(16-20)24-17(3)27/h6-8,16,18H,4-5,9-15H2,1-3H3,(H,24,27)(H2,22,23,25). The smallest absolute Gasteiger partial charge is 0.221 e. The van der Waals surface area contributed by atoms with Gasteiger partial charge in [-0.15, -0.1) is 0 Å². The van der Waals surface area contributed by atoms with Gasteiger partial charge >= 0.3 is 0 Å². The maximum atomic E-state index is 11.1. The zero-order valence-electron chi connectivity index (χ0n) is 17.5. The summed E-state index contributed by atoms with van der Waals surface area (Å²) in [5, 5.41) is 9.63. The summed E-state index contributed by atoms with van der Waals surface area (Å²) in [4.78, 5) is 18.3. The van der Waals surface area contributed by atoms with Crippen LogP contribution >= 0.6 is 0 Å². The van der Waals surface area contributed by atoms with Crippen molar-refractivity contribution in [2.75, 3.05) is 44.6 Å². The van der Waals surface area contributed by atoms with Crippen LogP contribution in [0.2, 0.25) is 0 Å². The Morgan fingerprint density at radius 1 is 1.29 bits per heavy atom. The summed E-state index contributed by atoms with van der Waals surface area (Å²) in [5.74, 6) is 1.48. The number of hydrogen-bond acceptors (Lipinski definition) is 4. The van der Waals surface area contributed by atoms with Gasteiger partial charge in [0.1, 0.15) is 12.4 Å². The topological polar surface area (TPSA) is 78.0 Å². The lowest BCUT2D eigenvalue weighted by Crippen LogP contribution is -2.48. The highest BCUT2D eigenvalue weighted by Gasteiger charge is 2.19. The highest BCUT2D eigenvalue weighted by Crippen LogP contribution is 2.17. The van der Waals surface area contributed by atoms with Crippen molar-refractivity contribution in [2.24, 2.45) is 4.99 Å². The Balaban J connectivity index is 1.77. The number of carbonyl (C=O) groups is 1. The predicted octanol–water partition coefficient (Wildman–Crippen LogP) is 2.45. The minimum Gasteiger partial charge on any atom is -0.492 e. The number of anilines is 1. The van der Waals surface area contributed by atoms with Gasteiger partial charge in [-0.3, -0.25) is 4.79 Å². The Kier molecular flexibility index (Phi) is 9.62. The van der Waals surface area contributed by atoms with Crippen LogP contribution in [0, 0.1) is 0 Å². The summed E-state index contributed by atoms with van der Waals surface area (Å²) in [7, 11) is 0. The van der Waals surface area contributed by atoms with Gasteiger partial charge in [0.05, 0.1) is 6.54 Å². The van der Waals surface area contributed by atoms with Gasteiger partial charge in [-0.05, 0) is 44.9 Å². The van der Waals surface area contributed by atoms with Crippen molar-refractivity contribution in [1.82, 2.24) is 15.5 Å². The monoisotopic (exact) mass is 389 g/mol. The van der Waals surface area contributed by atoms with E-state index in [9.17, 15) is 4.79 Å². The molecular formula is C21H35N5O2. The van der Waals surface area contributed by atoms with E-state index in [1.807, 2.05) is 24.3 Å². The van der Waals surface area contributed by atoms with Gasteiger partial charge in [-0.25, -0.2) is 4.99 Å². The first-order valence-electron chi connectivity index (χ1n) is 10.4. The first-order chi connectivity index (χ1) is 13.6. The van der Waals surface area contributed by atoms with Crippen molar-refractivity contribution in [3.63, 3.8) is 0 Å². The molecule has 1 fully saturated rings. The zero-order valence-corrected chi connectivity index (χ0v) is 17.5. The van der Waals surface area contributed by atoms with Gasteiger partial charge in [0.15, 0.2) is 5.96 Å². The first-order valence-corrected chi connectivity index (χ1v) is 10.4. The molecule has 0 bridgehead atoms. The molecule has 0 radical (unpaired) electrons. The van der Waals surface area contributed by atoms with E-state index in [0.717, 1.165) is 49.9 Å². The highest BCUT2D eigenvalue weighted by atomic mass is 16.5. The van der Waals surface area contributed by atoms with E-state index in [4.69, 9.17) is 4.74 Å². The Morgan fingerprint density at radius 2 is 2.07 bits per heavy atom. The van der Waals surface area contributed by atoms with Crippen molar-refractivity contribution in [3.8, 4) is 5.75 Å². The Morgan fingerprint density at radius 3 is 2.75 bits per heavy atom. The third-order valence-electron chi connectivity index (χ3n) is 4.60. The lowest BCUT2D eigenvalue weighted by Gasteiger charge is -2.32. The van der Waals surface area contributed by atoms with Crippen molar-refractivity contribution in [2.45, 2.75) is 46.1 Å². The lowest BCUT2D eigenvalue weighted by atomic mass is 10.1. The summed E-state index contributed by atoms with van der Waals surface area (Å²) in [6.07, 6.45) is 3.52. The van der Waals surface area contributed by atoms with Crippen LogP contribution < -0.4 is 20.7 Å². The van der Waals surface area contributed by atoms with E-state index in [-0.39, 0.29) is 5.91 Å². The van der Waals surface area contributed by atoms with Crippen LogP contribution in [-0.2, 0) is 4.79 Å². The molecule has 0 saturated carbocycles. The van der Waals surface area contributed by atoms with E-state index >= 15 is 0 Å². The van der Waals surface area contributed by atoms with E-state index in [0.29, 0.717) is 19.2 Å². The average molecular weight is 390 g/mol. The summed E-state index contributed by atoms with van der Waals surface area (Å²) >= 11 is 0. The van der Waals surface area contributed by atoms with Gasteiger partial charge in [0, 0.05) is 44.4 Å². The number of rotatable bonds is 9. The number of benzene rings is 1. The number of ether oxygens (including phenoxy) is 1. The molecule has 0 aromatic heterocycles. The second-order valence-corrected chi connectivity index (χ2v) is 7.08. The van der Waals surface area contributed by atoms with Crippen molar-refractivity contribution in [3.05, 3.63) is 24.3 Å². The number of carbonyl (C=O) groups excluding carboxylic acids is 1. The molecule has 0 unspecified atom stereocenters. The molecule has 1 aromatic rings. The molecule has 1 aliphatic heterocycles. The molecular weight excluding hydrogens is 354 g/mol. The Bertz CT molecular complexity index is 627. The molecule has 28 heavy (non-hydrogen) atoms. The number of nitrogens with one attached hydrogen (secondary N) is 3. The fourth-order valence-corrected chi connectivity index (χ4v) is 3.32. The second-order valence-electron chi connectivity index (χ2n) is 7.08. The van der Waals surface area contributed by atoms with E-state index < -0.39 is 0 Å². The van der Waals surface area contributed by atoms with Crippen LogP contribution in [0.1, 0.15) is 40.0 Å². The third-order valence-corrected chi connectivity index (χ3v) is 4.60. The molecule has 0 atom stereocenters. The molecule has 1 saturated heterocycles.